The second kappa shape index (κ2) is 4.58. The van der Waals surface area contributed by atoms with Crippen molar-refractivity contribution in [2.45, 2.75) is 44.1 Å². The van der Waals surface area contributed by atoms with Gasteiger partial charge in [0.05, 0.1) is 12.1 Å². The van der Waals surface area contributed by atoms with Crippen molar-refractivity contribution in [3.8, 4) is 0 Å². The standard InChI is InChI=1S/C13H21NO2/c1-14(2)13(8-4-3-5-9-13)12(15)11-7-6-10-16-11/h7H,3-6,8-10H2,1-2H3. The summed E-state index contributed by atoms with van der Waals surface area (Å²) in [5, 5.41) is 0. The first kappa shape index (κ1) is 11.6. The van der Waals surface area contributed by atoms with Crippen LogP contribution in [0, 0.1) is 0 Å². The van der Waals surface area contributed by atoms with Gasteiger partial charge in [0.1, 0.15) is 0 Å². The Hall–Kier alpha value is -0.830. The molecule has 0 N–H and O–H groups in total. The second-order valence-electron chi connectivity index (χ2n) is 5.02. The molecule has 0 amide bonds. The van der Waals surface area contributed by atoms with E-state index in [1.165, 1.54) is 6.42 Å². The van der Waals surface area contributed by atoms with Crippen molar-refractivity contribution in [2.75, 3.05) is 20.7 Å². The summed E-state index contributed by atoms with van der Waals surface area (Å²) in [6.45, 7) is 0.671. The van der Waals surface area contributed by atoms with E-state index in [1.807, 2.05) is 20.2 Å². The fourth-order valence-corrected chi connectivity index (χ4v) is 2.82. The van der Waals surface area contributed by atoms with Crippen LogP contribution >= 0.6 is 0 Å². The average Bonchev–Trinajstić information content (AvgIpc) is 2.82. The predicted molar refractivity (Wildman–Crippen MR) is 63.2 cm³/mol. The van der Waals surface area contributed by atoms with Crippen molar-refractivity contribution in [1.29, 1.82) is 0 Å². The van der Waals surface area contributed by atoms with E-state index in [9.17, 15) is 4.79 Å². The molecule has 1 aliphatic heterocycles. The van der Waals surface area contributed by atoms with Gasteiger partial charge in [-0.1, -0.05) is 19.3 Å². The Morgan fingerprint density at radius 1 is 1.31 bits per heavy atom. The zero-order valence-electron chi connectivity index (χ0n) is 10.3. The Kier molecular flexibility index (Phi) is 3.33. The lowest BCUT2D eigenvalue weighted by Gasteiger charge is -2.41. The third-order valence-corrected chi connectivity index (χ3v) is 3.89. The lowest BCUT2D eigenvalue weighted by molar-refractivity contribution is -0.131. The minimum atomic E-state index is -0.297. The van der Waals surface area contributed by atoms with Crippen LogP contribution in [0.1, 0.15) is 38.5 Å². The molecule has 1 aliphatic carbocycles. The van der Waals surface area contributed by atoms with Crippen LogP contribution in [0.4, 0.5) is 0 Å². The van der Waals surface area contributed by atoms with E-state index >= 15 is 0 Å². The molecule has 0 spiro atoms. The molecule has 1 heterocycles. The van der Waals surface area contributed by atoms with Gasteiger partial charge in [0.2, 0.25) is 5.78 Å². The molecule has 0 unspecified atom stereocenters. The summed E-state index contributed by atoms with van der Waals surface area (Å²) in [4.78, 5) is 14.6. The SMILES string of the molecule is CN(C)C1(C(=O)C2=CCCO2)CCCCC1. The van der Waals surface area contributed by atoms with Crippen LogP contribution in [0.2, 0.25) is 0 Å². The fourth-order valence-electron chi connectivity index (χ4n) is 2.82. The van der Waals surface area contributed by atoms with Gasteiger partial charge in [-0.15, -0.1) is 0 Å². The molecule has 2 aliphatic rings. The summed E-state index contributed by atoms with van der Waals surface area (Å²) < 4.78 is 5.43. The van der Waals surface area contributed by atoms with Gasteiger partial charge in [-0.25, -0.2) is 0 Å². The highest BCUT2D eigenvalue weighted by Crippen LogP contribution is 2.35. The number of likely N-dealkylation sites (N-methyl/N-ethyl adjacent to an activating group) is 1. The molecule has 3 heteroatoms. The number of hydrogen-bond donors (Lipinski definition) is 0. The van der Waals surface area contributed by atoms with Crippen molar-refractivity contribution in [1.82, 2.24) is 4.90 Å². The van der Waals surface area contributed by atoms with E-state index in [-0.39, 0.29) is 11.3 Å². The smallest absolute Gasteiger partial charge is 0.217 e. The third kappa shape index (κ3) is 1.88. The van der Waals surface area contributed by atoms with E-state index in [0.29, 0.717) is 12.4 Å². The van der Waals surface area contributed by atoms with Gasteiger partial charge in [-0.3, -0.25) is 9.69 Å². The van der Waals surface area contributed by atoms with Crippen molar-refractivity contribution < 1.29 is 9.53 Å². The van der Waals surface area contributed by atoms with Crippen LogP contribution in [0.15, 0.2) is 11.8 Å². The molecule has 90 valence electrons. The van der Waals surface area contributed by atoms with Gasteiger partial charge in [-0.2, -0.15) is 0 Å². The Balaban J connectivity index is 2.21. The monoisotopic (exact) mass is 223 g/mol. The predicted octanol–water partition coefficient (Wildman–Crippen LogP) is 2.12. The zero-order chi connectivity index (χ0) is 11.6. The van der Waals surface area contributed by atoms with Gasteiger partial charge in [0, 0.05) is 6.42 Å². The number of hydrogen-bond acceptors (Lipinski definition) is 3. The first-order valence-electron chi connectivity index (χ1n) is 6.22. The molecule has 0 atom stereocenters. The number of carbonyl (C=O) groups excluding carboxylic acids is 1. The molecule has 0 aromatic carbocycles. The van der Waals surface area contributed by atoms with Crippen LogP contribution < -0.4 is 0 Å². The summed E-state index contributed by atoms with van der Waals surface area (Å²) in [6, 6.07) is 0. The lowest BCUT2D eigenvalue weighted by atomic mass is 9.77. The number of Topliss-reactive ketones (excluding diaryl/α,β-unsaturated/α-hetero) is 1. The molecule has 1 fully saturated rings. The van der Waals surface area contributed by atoms with Gasteiger partial charge in [-0.05, 0) is 33.0 Å². The topological polar surface area (TPSA) is 29.5 Å². The van der Waals surface area contributed by atoms with Crippen LogP contribution in [0.3, 0.4) is 0 Å². The third-order valence-electron chi connectivity index (χ3n) is 3.89. The van der Waals surface area contributed by atoms with E-state index in [0.717, 1.165) is 32.1 Å². The van der Waals surface area contributed by atoms with E-state index < -0.39 is 0 Å². The van der Waals surface area contributed by atoms with Crippen molar-refractivity contribution in [3.05, 3.63) is 11.8 Å². The molecule has 0 aromatic rings. The number of nitrogens with zero attached hydrogens (tertiary/aromatic N) is 1. The number of ether oxygens (including phenoxy) is 1. The molecule has 3 nitrogen and oxygen atoms in total. The summed E-state index contributed by atoms with van der Waals surface area (Å²) in [6.07, 6.45) is 8.32. The summed E-state index contributed by atoms with van der Waals surface area (Å²) in [5.41, 5.74) is -0.297. The average molecular weight is 223 g/mol. The number of carbonyl (C=O) groups is 1. The van der Waals surface area contributed by atoms with Crippen molar-refractivity contribution >= 4 is 5.78 Å². The molecule has 0 bridgehead atoms. The molecule has 0 aromatic heterocycles. The molecule has 16 heavy (non-hydrogen) atoms. The highest BCUT2D eigenvalue weighted by molar-refractivity contribution is 6.01. The van der Waals surface area contributed by atoms with Gasteiger partial charge >= 0.3 is 0 Å². The maximum Gasteiger partial charge on any atom is 0.217 e. The molecule has 0 radical (unpaired) electrons. The minimum Gasteiger partial charge on any atom is -0.490 e. The van der Waals surface area contributed by atoms with E-state index in [2.05, 4.69) is 4.90 Å². The molecule has 0 saturated heterocycles. The Morgan fingerprint density at radius 2 is 2.00 bits per heavy atom. The van der Waals surface area contributed by atoms with Crippen LogP contribution in [-0.2, 0) is 9.53 Å². The zero-order valence-corrected chi connectivity index (χ0v) is 10.3. The maximum absolute atomic E-state index is 12.5. The van der Waals surface area contributed by atoms with Gasteiger partial charge < -0.3 is 4.74 Å². The normalized spacial score (nSPS) is 24.1. The summed E-state index contributed by atoms with van der Waals surface area (Å²) in [7, 11) is 4.03. The van der Waals surface area contributed by atoms with Crippen LogP contribution in [0.5, 0.6) is 0 Å². The molecular formula is C13H21NO2. The van der Waals surface area contributed by atoms with E-state index in [1.54, 1.807) is 0 Å². The van der Waals surface area contributed by atoms with Gasteiger partial charge in [0.25, 0.3) is 0 Å². The molecule has 2 rings (SSSR count). The number of rotatable bonds is 3. The van der Waals surface area contributed by atoms with Crippen molar-refractivity contribution in [2.24, 2.45) is 0 Å². The highest BCUT2D eigenvalue weighted by Gasteiger charge is 2.43. The quantitative estimate of drug-likeness (QED) is 0.734. The van der Waals surface area contributed by atoms with Crippen LogP contribution in [-0.4, -0.2) is 36.9 Å². The first-order valence-corrected chi connectivity index (χ1v) is 6.22. The second-order valence-corrected chi connectivity index (χ2v) is 5.02. The lowest BCUT2D eigenvalue weighted by Crippen LogP contribution is -2.53. The Bertz CT molecular complexity index is 301. The molecule has 1 saturated carbocycles. The summed E-state index contributed by atoms with van der Waals surface area (Å²) in [5.74, 6) is 0.810. The Morgan fingerprint density at radius 3 is 2.50 bits per heavy atom. The summed E-state index contributed by atoms with van der Waals surface area (Å²) >= 11 is 0. The van der Waals surface area contributed by atoms with Crippen LogP contribution in [0.25, 0.3) is 0 Å². The maximum atomic E-state index is 12.5. The van der Waals surface area contributed by atoms with Crippen molar-refractivity contribution in [3.63, 3.8) is 0 Å². The Labute approximate surface area is 97.5 Å². The fraction of sp³-hybridized carbons (Fsp3) is 0.769. The van der Waals surface area contributed by atoms with E-state index in [4.69, 9.17) is 4.74 Å². The first-order chi connectivity index (χ1) is 7.67. The minimum absolute atomic E-state index is 0.203. The van der Waals surface area contributed by atoms with Gasteiger partial charge in [0.15, 0.2) is 5.76 Å². The highest BCUT2D eigenvalue weighted by atomic mass is 16.5. The molecular weight excluding hydrogens is 202 g/mol. The number of ketones is 1. The largest absolute Gasteiger partial charge is 0.490 e.